The molecular weight excluding hydrogens is 300 g/mol. The molecule has 0 radical (unpaired) electrons. The Kier molecular flexibility index (Phi) is 4.28. The van der Waals surface area contributed by atoms with Crippen LogP contribution in [0.4, 0.5) is 5.13 Å². The molecule has 5 heteroatoms. The molecule has 0 saturated heterocycles. The maximum atomic E-state index is 11.6. The lowest BCUT2D eigenvalue weighted by Crippen LogP contribution is -2.11. The molecule has 3 nitrogen and oxygen atoms in total. The number of aromatic nitrogens is 1. The summed E-state index contributed by atoms with van der Waals surface area (Å²) in [5.41, 5.74) is 1.17. The van der Waals surface area contributed by atoms with Gasteiger partial charge >= 0.3 is 0 Å². The standard InChI is InChI=1S/C12H11BrN2OS/c13-10-8-14-12(17-10)15-11(16)7-6-9-4-2-1-3-5-9/h1-5,8H,6-7H2,(H,14,15,16). The molecular formula is C12H11BrN2OS. The van der Waals surface area contributed by atoms with E-state index in [1.165, 1.54) is 16.9 Å². The summed E-state index contributed by atoms with van der Waals surface area (Å²) in [6.07, 6.45) is 2.90. The lowest BCUT2D eigenvalue weighted by Gasteiger charge is -2.01. The van der Waals surface area contributed by atoms with Gasteiger partial charge in [0.2, 0.25) is 5.91 Å². The zero-order valence-corrected chi connectivity index (χ0v) is 11.4. The summed E-state index contributed by atoms with van der Waals surface area (Å²) in [7, 11) is 0. The van der Waals surface area contributed by atoms with Gasteiger partial charge in [-0.15, -0.1) is 0 Å². The van der Waals surface area contributed by atoms with E-state index in [0.717, 1.165) is 10.2 Å². The van der Waals surface area contributed by atoms with Gasteiger partial charge < -0.3 is 5.32 Å². The number of carbonyl (C=O) groups excluding carboxylic acids is 1. The maximum absolute atomic E-state index is 11.6. The molecule has 88 valence electrons. The van der Waals surface area contributed by atoms with Crippen LogP contribution >= 0.6 is 27.3 Å². The van der Waals surface area contributed by atoms with Crippen molar-refractivity contribution in [1.29, 1.82) is 0 Å². The Labute approximate surface area is 112 Å². The molecule has 17 heavy (non-hydrogen) atoms. The second-order valence-electron chi connectivity index (χ2n) is 3.50. The van der Waals surface area contributed by atoms with E-state index < -0.39 is 0 Å². The lowest BCUT2D eigenvalue weighted by atomic mass is 10.1. The second kappa shape index (κ2) is 5.93. The van der Waals surface area contributed by atoms with E-state index in [2.05, 4.69) is 26.2 Å². The molecule has 1 amide bonds. The highest BCUT2D eigenvalue weighted by Gasteiger charge is 2.05. The third-order valence-corrected chi connectivity index (χ3v) is 3.60. The fourth-order valence-electron chi connectivity index (χ4n) is 1.40. The highest BCUT2D eigenvalue weighted by molar-refractivity contribution is 9.11. The average molecular weight is 311 g/mol. The quantitative estimate of drug-likeness (QED) is 0.939. The van der Waals surface area contributed by atoms with Crippen LogP contribution in [0.1, 0.15) is 12.0 Å². The number of benzene rings is 1. The number of carbonyl (C=O) groups is 1. The van der Waals surface area contributed by atoms with Crippen molar-refractivity contribution in [2.24, 2.45) is 0 Å². The van der Waals surface area contributed by atoms with Crippen LogP contribution in [0.2, 0.25) is 0 Å². The Morgan fingerprint density at radius 3 is 2.76 bits per heavy atom. The van der Waals surface area contributed by atoms with Crippen molar-refractivity contribution >= 4 is 38.3 Å². The minimum absolute atomic E-state index is 0.00398. The first kappa shape index (κ1) is 12.3. The molecule has 1 aromatic heterocycles. The van der Waals surface area contributed by atoms with Gasteiger partial charge in [0.05, 0.1) is 9.98 Å². The Bertz CT molecular complexity index is 498. The normalized spacial score (nSPS) is 10.2. The van der Waals surface area contributed by atoms with Gasteiger partial charge in [-0.1, -0.05) is 41.7 Å². The van der Waals surface area contributed by atoms with Crippen molar-refractivity contribution in [1.82, 2.24) is 4.98 Å². The first-order valence-corrected chi connectivity index (χ1v) is 6.80. The largest absolute Gasteiger partial charge is 0.302 e. The fourth-order valence-corrected chi connectivity index (χ4v) is 2.52. The predicted octanol–water partition coefficient (Wildman–Crippen LogP) is 3.48. The summed E-state index contributed by atoms with van der Waals surface area (Å²) in [5, 5.41) is 3.41. The first-order chi connectivity index (χ1) is 8.24. The molecule has 0 aliphatic heterocycles. The third-order valence-electron chi connectivity index (χ3n) is 2.21. The maximum Gasteiger partial charge on any atom is 0.226 e. The Hall–Kier alpha value is -1.20. The van der Waals surface area contributed by atoms with Gasteiger partial charge in [-0.05, 0) is 27.9 Å². The van der Waals surface area contributed by atoms with Crippen LogP contribution in [0.3, 0.4) is 0 Å². The van der Waals surface area contributed by atoms with Crippen LogP contribution in [0.5, 0.6) is 0 Å². The Morgan fingerprint density at radius 2 is 2.12 bits per heavy atom. The van der Waals surface area contributed by atoms with Crippen LogP contribution in [0, 0.1) is 0 Å². The molecule has 1 aromatic carbocycles. The van der Waals surface area contributed by atoms with E-state index in [1.807, 2.05) is 30.3 Å². The van der Waals surface area contributed by atoms with E-state index in [1.54, 1.807) is 6.20 Å². The van der Waals surface area contributed by atoms with Crippen LogP contribution in [-0.2, 0) is 11.2 Å². The van der Waals surface area contributed by atoms with Crippen LogP contribution in [0.15, 0.2) is 40.3 Å². The predicted molar refractivity (Wildman–Crippen MR) is 73.2 cm³/mol. The monoisotopic (exact) mass is 310 g/mol. The highest BCUT2D eigenvalue weighted by atomic mass is 79.9. The molecule has 0 aliphatic carbocycles. The number of hydrogen-bond acceptors (Lipinski definition) is 3. The molecule has 0 unspecified atom stereocenters. The zero-order chi connectivity index (χ0) is 12.1. The molecule has 0 saturated carbocycles. The topological polar surface area (TPSA) is 42.0 Å². The van der Waals surface area contributed by atoms with Gasteiger partial charge in [0.15, 0.2) is 5.13 Å². The summed E-state index contributed by atoms with van der Waals surface area (Å²) < 4.78 is 0.913. The molecule has 2 rings (SSSR count). The fraction of sp³-hybridized carbons (Fsp3) is 0.167. The van der Waals surface area contributed by atoms with Gasteiger partial charge in [-0.25, -0.2) is 4.98 Å². The van der Waals surface area contributed by atoms with Gasteiger partial charge in [0.25, 0.3) is 0 Å². The number of rotatable bonds is 4. The summed E-state index contributed by atoms with van der Waals surface area (Å²) in [6.45, 7) is 0. The van der Waals surface area contributed by atoms with Gasteiger partial charge in [-0.3, -0.25) is 4.79 Å². The molecule has 0 aliphatic rings. The molecule has 0 fully saturated rings. The van der Waals surface area contributed by atoms with Gasteiger partial charge in [-0.2, -0.15) is 0 Å². The van der Waals surface area contributed by atoms with E-state index in [4.69, 9.17) is 0 Å². The number of amides is 1. The minimum atomic E-state index is -0.00398. The minimum Gasteiger partial charge on any atom is -0.302 e. The van der Waals surface area contributed by atoms with Crippen LogP contribution in [0.25, 0.3) is 0 Å². The lowest BCUT2D eigenvalue weighted by molar-refractivity contribution is -0.116. The number of halogens is 1. The summed E-state index contributed by atoms with van der Waals surface area (Å²) >= 11 is 4.71. The van der Waals surface area contributed by atoms with E-state index >= 15 is 0 Å². The van der Waals surface area contributed by atoms with Crippen LogP contribution < -0.4 is 5.32 Å². The number of aryl methyl sites for hydroxylation is 1. The van der Waals surface area contributed by atoms with Crippen molar-refractivity contribution in [2.45, 2.75) is 12.8 Å². The molecule has 0 bridgehead atoms. The van der Waals surface area contributed by atoms with E-state index in [-0.39, 0.29) is 5.91 Å². The Balaban J connectivity index is 1.82. The van der Waals surface area contributed by atoms with Crippen molar-refractivity contribution in [2.75, 3.05) is 5.32 Å². The second-order valence-corrected chi connectivity index (χ2v) is 5.91. The number of nitrogens with zero attached hydrogens (tertiary/aromatic N) is 1. The third kappa shape index (κ3) is 3.94. The Morgan fingerprint density at radius 1 is 1.35 bits per heavy atom. The summed E-state index contributed by atoms with van der Waals surface area (Å²) in [5.74, 6) is -0.00398. The molecule has 0 atom stereocenters. The summed E-state index contributed by atoms with van der Waals surface area (Å²) in [4.78, 5) is 15.7. The van der Waals surface area contributed by atoms with Crippen molar-refractivity contribution in [3.63, 3.8) is 0 Å². The zero-order valence-electron chi connectivity index (χ0n) is 9.02. The highest BCUT2D eigenvalue weighted by Crippen LogP contribution is 2.23. The van der Waals surface area contributed by atoms with Crippen molar-refractivity contribution in [3.05, 3.63) is 45.9 Å². The smallest absolute Gasteiger partial charge is 0.226 e. The number of anilines is 1. The molecule has 1 N–H and O–H groups in total. The van der Waals surface area contributed by atoms with Crippen molar-refractivity contribution < 1.29 is 4.79 Å². The van der Waals surface area contributed by atoms with Gasteiger partial charge in [0, 0.05) is 6.42 Å². The summed E-state index contributed by atoms with van der Waals surface area (Å²) in [6, 6.07) is 9.97. The van der Waals surface area contributed by atoms with Crippen molar-refractivity contribution in [3.8, 4) is 0 Å². The SMILES string of the molecule is O=C(CCc1ccccc1)Nc1ncc(Br)s1. The van der Waals surface area contributed by atoms with Gasteiger partial charge in [0.1, 0.15) is 0 Å². The first-order valence-electron chi connectivity index (χ1n) is 5.19. The number of nitrogens with one attached hydrogen (secondary N) is 1. The number of thiazole rings is 1. The molecule has 0 spiro atoms. The average Bonchev–Trinajstić information content (AvgIpc) is 2.73. The van der Waals surface area contributed by atoms with Crippen LogP contribution in [-0.4, -0.2) is 10.9 Å². The van der Waals surface area contributed by atoms with E-state index in [0.29, 0.717) is 11.6 Å². The molecule has 2 aromatic rings. The number of hydrogen-bond donors (Lipinski definition) is 1. The molecule has 1 heterocycles. The van der Waals surface area contributed by atoms with E-state index in [9.17, 15) is 4.79 Å².